The molecular weight excluding hydrogens is 382 g/mol. The summed E-state index contributed by atoms with van der Waals surface area (Å²) in [6.07, 6.45) is 1.79. The van der Waals surface area contributed by atoms with E-state index >= 15 is 0 Å². The summed E-state index contributed by atoms with van der Waals surface area (Å²) in [5.41, 5.74) is 2.06. The number of aromatic nitrogens is 2. The van der Waals surface area contributed by atoms with E-state index in [1.54, 1.807) is 22.7 Å². The van der Waals surface area contributed by atoms with Crippen LogP contribution in [0, 0.1) is 0 Å². The van der Waals surface area contributed by atoms with Crippen molar-refractivity contribution in [1.29, 1.82) is 0 Å². The molecule has 4 rings (SSSR count). The standard InChI is InChI=1S/C19H17N3OS3/c23-17(12-24-19-22-14-7-2-4-9-16(14)26-19)20-11-5-10-18-21-13-6-1-3-8-15(13)25-18/h1-4,6-9H,5,10-12H2,(H,20,23). The van der Waals surface area contributed by atoms with Crippen LogP contribution in [0.2, 0.25) is 0 Å². The van der Waals surface area contributed by atoms with Crippen LogP contribution >= 0.6 is 34.4 Å². The van der Waals surface area contributed by atoms with Crippen LogP contribution in [0.1, 0.15) is 11.4 Å². The third-order valence-corrected chi connectivity index (χ3v) is 7.10. The van der Waals surface area contributed by atoms with Gasteiger partial charge in [-0.25, -0.2) is 9.97 Å². The van der Waals surface area contributed by atoms with Crippen LogP contribution < -0.4 is 5.32 Å². The molecule has 1 N–H and O–H groups in total. The summed E-state index contributed by atoms with van der Waals surface area (Å²) in [6.45, 7) is 0.676. The molecule has 4 aromatic rings. The molecule has 2 heterocycles. The fraction of sp³-hybridized carbons (Fsp3) is 0.211. The molecular formula is C19H17N3OS3. The van der Waals surface area contributed by atoms with E-state index in [2.05, 4.69) is 27.4 Å². The number of nitrogens with one attached hydrogen (secondary N) is 1. The Kier molecular flexibility index (Phi) is 5.48. The Morgan fingerprint density at radius 1 is 0.962 bits per heavy atom. The quantitative estimate of drug-likeness (QED) is 0.360. The van der Waals surface area contributed by atoms with Gasteiger partial charge in [-0.1, -0.05) is 36.0 Å². The summed E-state index contributed by atoms with van der Waals surface area (Å²) in [5, 5.41) is 4.11. The Morgan fingerprint density at radius 3 is 2.38 bits per heavy atom. The van der Waals surface area contributed by atoms with Crippen LogP contribution in [0.4, 0.5) is 0 Å². The molecule has 7 heteroatoms. The second-order valence-electron chi connectivity index (χ2n) is 5.77. The lowest BCUT2D eigenvalue weighted by Crippen LogP contribution is -2.26. The largest absolute Gasteiger partial charge is 0.355 e. The lowest BCUT2D eigenvalue weighted by Gasteiger charge is -2.03. The minimum absolute atomic E-state index is 0.0542. The number of thiazole rings is 2. The van der Waals surface area contributed by atoms with Gasteiger partial charge >= 0.3 is 0 Å². The molecule has 1 amide bonds. The summed E-state index contributed by atoms with van der Waals surface area (Å²) in [5.74, 6) is 0.458. The molecule has 0 spiro atoms. The van der Waals surface area contributed by atoms with Gasteiger partial charge in [0.05, 0.1) is 31.2 Å². The van der Waals surface area contributed by atoms with Crippen molar-refractivity contribution in [1.82, 2.24) is 15.3 Å². The van der Waals surface area contributed by atoms with Gasteiger partial charge in [-0.3, -0.25) is 4.79 Å². The first-order valence-corrected chi connectivity index (χ1v) is 11.0. The Balaban J connectivity index is 1.20. The van der Waals surface area contributed by atoms with Gasteiger partial charge in [0.2, 0.25) is 5.91 Å². The van der Waals surface area contributed by atoms with E-state index in [0.29, 0.717) is 12.3 Å². The lowest BCUT2D eigenvalue weighted by molar-refractivity contribution is -0.118. The van der Waals surface area contributed by atoms with E-state index in [4.69, 9.17) is 0 Å². The molecule has 0 fully saturated rings. The SMILES string of the molecule is O=C(CSc1nc2ccccc2s1)NCCCc1nc2ccccc2s1. The fourth-order valence-corrected chi connectivity index (χ4v) is 5.49. The normalized spacial score (nSPS) is 11.2. The van der Waals surface area contributed by atoms with Crippen LogP contribution in [-0.4, -0.2) is 28.2 Å². The molecule has 2 aromatic heterocycles. The van der Waals surface area contributed by atoms with Crippen molar-refractivity contribution < 1.29 is 4.79 Å². The first-order valence-electron chi connectivity index (χ1n) is 8.37. The predicted molar refractivity (Wildman–Crippen MR) is 111 cm³/mol. The highest BCUT2D eigenvalue weighted by atomic mass is 32.2. The first-order chi connectivity index (χ1) is 12.8. The Morgan fingerprint density at radius 2 is 1.65 bits per heavy atom. The molecule has 0 aliphatic heterocycles. The summed E-state index contributed by atoms with van der Waals surface area (Å²) in [7, 11) is 0. The van der Waals surface area contributed by atoms with Gasteiger partial charge in [0.1, 0.15) is 0 Å². The molecule has 132 valence electrons. The summed E-state index contributed by atoms with van der Waals surface area (Å²) in [6, 6.07) is 16.2. The highest BCUT2D eigenvalue weighted by Gasteiger charge is 2.08. The molecule has 26 heavy (non-hydrogen) atoms. The minimum Gasteiger partial charge on any atom is -0.355 e. The topological polar surface area (TPSA) is 54.9 Å². The van der Waals surface area contributed by atoms with Gasteiger partial charge in [-0.15, -0.1) is 22.7 Å². The van der Waals surface area contributed by atoms with E-state index in [-0.39, 0.29) is 5.91 Å². The summed E-state index contributed by atoms with van der Waals surface area (Å²) < 4.78 is 3.32. The smallest absolute Gasteiger partial charge is 0.230 e. The van der Waals surface area contributed by atoms with Crippen LogP contribution in [0.25, 0.3) is 20.4 Å². The van der Waals surface area contributed by atoms with Gasteiger partial charge < -0.3 is 5.32 Å². The molecule has 0 bridgehead atoms. The van der Waals surface area contributed by atoms with Crippen molar-refractivity contribution in [3.05, 3.63) is 53.5 Å². The highest BCUT2D eigenvalue weighted by Crippen LogP contribution is 2.29. The molecule has 0 radical (unpaired) electrons. The maximum atomic E-state index is 12.0. The second kappa shape index (κ2) is 8.16. The van der Waals surface area contributed by atoms with Crippen molar-refractivity contribution in [3.8, 4) is 0 Å². The van der Waals surface area contributed by atoms with Gasteiger partial charge in [0, 0.05) is 13.0 Å². The zero-order chi connectivity index (χ0) is 17.8. The van der Waals surface area contributed by atoms with E-state index in [1.807, 2.05) is 36.4 Å². The lowest BCUT2D eigenvalue weighted by atomic mass is 10.3. The second-order valence-corrected chi connectivity index (χ2v) is 9.13. The Bertz CT molecular complexity index is 975. The van der Waals surface area contributed by atoms with E-state index < -0.39 is 0 Å². The summed E-state index contributed by atoms with van der Waals surface area (Å²) >= 11 is 4.86. The van der Waals surface area contributed by atoms with Crippen molar-refractivity contribution in [2.75, 3.05) is 12.3 Å². The average Bonchev–Trinajstić information content (AvgIpc) is 3.26. The third kappa shape index (κ3) is 4.23. The van der Waals surface area contributed by atoms with Gasteiger partial charge in [0.15, 0.2) is 4.34 Å². The van der Waals surface area contributed by atoms with E-state index in [0.717, 1.165) is 37.9 Å². The van der Waals surface area contributed by atoms with E-state index in [1.165, 1.54) is 16.5 Å². The molecule has 0 saturated heterocycles. The number of fused-ring (bicyclic) bond motifs is 2. The molecule has 0 aliphatic rings. The highest BCUT2D eigenvalue weighted by molar-refractivity contribution is 8.01. The van der Waals surface area contributed by atoms with Gasteiger partial charge in [0.25, 0.3) is 0 Å². The number of hydrogen-bond acceptors (Lipinski definition) is 6. The molecule has 0 atom stereocenters. The predicted octanol–water partition coefficient (Wildman–Crippen LogP) is 4.75. The van der Waals surface area contributed by atoms with Crippen LogP contribution in [-0.2, 0) is 11.2 Å². The van der Waals surface area contributed by atoms with E-state index in [9.17, 15) is 4.79 Å². The number of hydrogen-bond donors (Lipinski definition) is 1. The maximum Gasteiger partial charge on any atom is 0.230 e. The first kappa shape index (κ1) is 17.5. The molecule has 0 unspecified atom stereocenters. The average molecular weight is 400 g/mol. The van der Waals surface area contributed by atoms with Crippen molar-refractivity contribution in [2.45, 2.75) is 17.2 Å². The van der Waals surface area contributed by atoms with Crippen LogP contribution in [0.15, 0.2) is 52.9 Å². The molecule has 0 aliphatic carbocycles. The third-order valence-electron chi connectivity index (χ3n) is 3.83. The zero-order valence-corrected chi connectivity index (χ0v) is 16.4. The number of aryl methyl sites for hydroxylation is 1. The number of carbonyl (C=O) groups excluding carboxylic acids is 1. The zero-order valence-electron chi connectivity index (χ0n) is 14.0. The summed E-state index contributed by atoms with van der Waals surface area (Å²) in [4.78, 5) is 21.2. The number of nitrogens with zero attached hydrogens (tertiary/aromatic N) is 2. The number of thioether (sulfide) groups is 1. The van der Waals surface area contributed by atoms with Crippen LogP contribution in [0.3, 0.4) is 0 Å². The number of rotatable bonds is 7. The minimum atomic E-state index is 0.0542. The van der Waals surface area contributed by atoms with Crippen LogP contribution in [0.5, 0.6) is 0 Å². The van der Waals surface area contributed by atoms with Gasteiger partial charge in [-0.05, 0) is 30.7 Å². The molecule has 4 nitrogen and oxygen atoms in total. The monoisotopic (exact) mass is 399 g/mol. The van der Waals surface area contributed by atoms with Crippen molar-refractivity contribution >= 4 is 60.8 Å². The van der Waals surface area contributed by atoms with Crippen molar-refractivity contribution in [3.63, 3.8) is 0 Å². The van der Waals surface area contributed by atoms with Crippen molar-refractivity contribution in [2.24, 2.45) is 0 Å². The number of benzene rings is 2. The molecule has 0 saturated carbocycles. The number of carbonyl (C=O) groups is 1. The Labute approximate surface area is 163 Å². The molecule has 2 aromatic carbocycles. The van der Waals surface area contributed by atoms with Gasteiger partial charge in [-0.2, -0.15) is 0 Å². The fourth-order valence-electron chi connectivity index (χ4n) is 2.59. The number of amides is 1. The number of para-hydroxylation sites is 2. The Hall–Kier alpha value is -1.96. The maximum absolute atomic E-state index is 12.0.